The summed E-state index contributed by atoms with van der Waals surface area (Å²) in [6.45, 7) is 5.71. The fourth-order valence-corrected chi connectivity index (χ4v) is 5.17. The summed E-state index contributed by atoms with van der Waals surface area (Å²) in [5.41, 5.74) is 11.4. The van der Waals surface area contributed by atoms with Gasteiger partial charge in [0.05, 0.1) is 24.5 Å². The van der Waals surface area contributed by atoms with Crippen LogP contribution in [-0.2, 0) is 0 Å². The molecule has 10 nitrogen and oxygen atoms in total. The summed E-state index contributed by atoms with van der Waals surface area (Å²) in [5.74, 6) is 2.25. The van der Waals surface area contributed by atoms with Gasteiger partial charge in [-0.3, -0.25) is 10.8 Å². The van der Waals surface area contributed by atoms with Gasteiger partial charge in [-0.05, 0) is 50.1 Å². The van der Waals surface area contributed by atoms with Crippen molar-refractivity contribution >= 4 is 16.7 Å². The Balaban J connectivity index is 1.30. The van der Waals surface area contributed by atoms with Crippen LogP contribution >= 0.6 is 0 Å². The number of aryl methyl sites for hydroxylation is 2. The second-order valence-corrected chi connectivity index (χ2v) is 9.30. The molecule has 4 N–H and O–H groups in total. The van der Waals surface area contributed by atoms with E-state index in [2.05, 4.69) is 30.6 Å². The number of hydrogen-bond donors (Lipinski definition) is 3. The van der Waals surface area contributed by atoms with Crippen LogP contribution in [0.5, 0.6) is 11.5 Å². The summed E-state index contributed by atoms with van der Waals surface area (Å²) in [6.07, 6.45) is 4.12. The molecule has 180 valence electrons. The molecule has 35 heavy (non-hydrogen) atoms. The predicted octanol–water partition coefficient (Wildman–Crippen LogP) is 2.63. The molecule has 0 spiro atoms. The van der Waals surface area contributed by atoms with Gasteiger partial charge in [-0.15, -0.1) is 0 Å². The van der Waals surface area contributed by atoms with Crippen molar-refractivity contribution in [3.63, 3.8) is 0 Å². The van der Waals surface area contributed by atoms with Gasteiger partial charge in [0.2, 0.25) is 0 Å². The lowest BCUT2D eigenvalue weighted by atomic mass is 9.91. The molecular weight excluding hydrogens is 444 g/mol. The third-order valence-electron chi connectivity index (χ3n) is 6.90. The third-order valence-corrected chi connectivity index (χ3v) is 6.90. The SMILES string of the molecule is COc1cc(-c2n[nH]c3ccc(O[C@H](N)c4c(C)cnnc4C)cc23)cnc1N1CC2CC(C1)N2. The molecule has 0 saturated carbocycles. The monoisotopic (exact) mass is 472 g/mol. The Morgan fingerprint density at radius 2 is 1.94 bits per heavy atom. The molecule has 3 aliphatic heterocycles. The minimum atomic E-state index is -0.662. The van der Waals surface area contributed by atoms with Gasteiger partial charge in [-0.2, -0.15) is 15.3 Å². The number of nitrogens with one attached hydrogen (secondary N) is 2. The minimum Gasteiger partial charge on any atom is -0.493 e. The minimum absolute atomic E-state index is 0.538. The largest absolute Gasteiger partial charge is 0.493 e. The van der Waals surface area contributed by atoms with E-state index in [-0.39, 0.29) is 0 Å². The maximum Gasteiger partial charge on any atom is 0.176 e. The number of benzene rings is 1. The Morgan fingerprint density at radius 3 is 2.69 bits per heavy atom. The van der Waals surface area contributed by atoms with Gasteiger partial charge < -0.3 is 19.7 Å². The van der Waals surface area contributed by atoms with Gasteiger partial charge in [0.25, 0.3) is 0 Å². The highest BCUT2D eigenvalue weighted by atomic mass is 16.5. The average Bonchev–Trinajstić information content (AvgIpc) is 3.26. The number of ether oxygens (including phenoxy) is 2. The smallest absolute Gasteiger partial charge is 0.176 e. The summed E-state index contributed by atoms with van der Waals surface area (Å²) >= 11 is 0. The number of nitrogens with zero attached hydrogens (tertiary/aromatic N) is 5. The van der Waals surface area contributed by atoms with E-state index in [1.54, 1.807) is 13.3 Å². The zero-order valence-corrected chi connectivity index (χ0v) is 19.9. The van der Waals surface area contributed by atoms with E-state index < -0.39 is 6.23 Å². The van der Waals surface area contributed by atoms with Crippen molar-refractivity contribution in [2.75, 3.05) is 25.1 Å². The molecule has 6 heterocycles. The van der Waals surface area contributed by atoms with Crippen molar-refractivity contribution in [3.8, 4) is 22.8 Å². The highest BCUT2D eigenvalue weighted by Gasteiger charge is 2.37. The first-order valence-corrected chi connectivity index (χ1v) is 11.7. The maximum absolute atomic E-state index is 6.39. The van der Waals surface area contributed by atoms with Crippen LogP contribution in [0.15, 0.2) is 36.7 Å². The van der Waals surface area contributed by atoms with E-state index >= 15 is 0 Å². The fourth-order valence-electron chi connectivity index (χ4n) is 5.17. The topological polar surface area (TPSA) is 127 Å². The number of nitrogens with two attached hydrogens (primary N) is 1. The molecule has 3 atom stereocenters. The van der Waals surface area contributed by atoms with Gasteiger partial charge in [-0.1, -0.05) is 0 Å². The first-order valence-electron chi connectivity index (χ1n) is 11.7. The molecular formula is C25H28N8O2. The molecule has 4 aromatic rings. The van der Waals surface area contributed by atoms with Gasteiger partial charge >= 0.3 is 0 Å². The Kier molecular flexibility index (Phi) is 5.27. The van der Waals surface area contributed by atoms with Crippen LogP contribution < -0.4 is 25.4 Å². The lowest BCUT2D eigenvalue weighted by molar-refractivity contribution is 0.212. The molecule has 0 amide bonds. The van der Waals surface area contributed by atoms with Crippen LogP contribution in [0.3, 0.4) is 0 Å². The van der Waals surface area contributed by atoms with Crippen molar-refractivity contribution in [1.82, 2.24) is 30.7 Å². The van der Waals surface area contributed by atoms with Crippen LogP contribution in [0, 0.1) is 13.8 Å². The number of hydrogen-bond acceptors (Lipinski definition) is 9. The normalized spacial score (nSPS) is 19.9. The van der Waals surface area contributed by atoms with Gasteiger partial charge in [0.15, 0.2) is 17.8 Å². The highest BCUT2D eigenvalue weighted by Crippen LogP contribution is 2.36. The zero-order valence-electron chi connectivity index (χ0n) is 19.9. The Bertz CT molecular complexity index is 1370. The number of H-pyrrole nitrogens is 1. The number of piperidine rings is 1. The van der Waals surface area contributed by atoms with Crippen molar-refractivity contribution in [3.05, 3.63) is 53.5 Å². The number of aromatic nitrogens is 5. The standard InChI is InChI=1S/C25H28N8O2/c1-13-9-28-30-14(2)22(13)24(26)35-18-4-5-20-19(8-18)23(32-31-20)15-6-21(34-3)25(27-10-15)33-11-16-7-17(12-33)29-16/h4-6,8-10,16-17,24,29H,7,11-12,26H2,1-3H3,(H,31,32)/t16?,17?,24-/m0/s1. The Labute approximate surface area is 202 Å². The molecule has 0 aliphatic carbocycles. The summed E-state index contributed by atoms with van der Waals surface area (Å²) < 4.78 is 11.8. The van der Waals surface area contributed by atoms with E-state index in [1.807, 2.05) is 44.3 Å². The summed E-state index contributed by atoms with van der Waals surface area (Å²) in [6, 6.07) is 8.83. The van der Waals surface area contributed by atoms with E-state index in [0.29, 0.717) is 17.8 Å². The Hall–Kier alpha value is -3.76. The van der Waals surface area contributed by atoms with Crippen LogP contribution in [0.4, 0.5) is 5.82 Å². The number of rotatable bonds is 6. The maximum atomic E-state index is 6.39. The fraction of sp³-hybridized carbons (Fsp3) is 0.360. The molecule has 3 fully saturated rings. The summed E-state index contributed by atoms with van der Waals surface area (Å²) in [7, 11) is 1.68. The molecule has 3 saturated heterocycles. The first kappa shape index (κ1) is 21.8. The van der Waals surface area contributed by atoms with Crippen LogP contribution in [0.2, 0.25) is 0 Å². The van der Waals surface area contributed by atoms with Crippen molar-refractivity contribution in [1.29, 1.82) is 0 Å². The van der Waals surface area contributed by atoms with E-state index in [0.717, 1.165) is 63.6 Å². The van der Waals surface area contributed by atoms with Crippen molar-refractivity contribution in [2.24, 2.45) is 5.73 Å². The van der Waals surface area contributed by atoms with Crippen LogP contribution in [-0.4, -0.2) is 57.7 Å². The number of methoxy groups -OCH3 is 1. The third kappa shape index (κ3) is 3.84. The van der Waals surface area contributed by atoms with Crippen molar-refractivity contribution in [2.45, 2.75) is 38.6 Å². The molecule has 3 aliphatic rings. The van der Waals surface area contributed by atoms with Crippen molar-refractivity contribution < 1.29 is 9.47 Å². The predicted molar refractivity (Wildman–Crippen MR) is 132 cm³/mol. The van der Waals surface area contributed by atoms with Gasteiger partial charge in [-0.25, -0.2) is 4.98 Å². The van der Waals surface area contributed by atoms with E-state index in [9.17, 15) is 0 Å². The average molecular weight is 473 g/mol. The molecule has 1 aromatic carbocycles. The van der Waals surface area contributed by atoms with E-state index in [1.165, 1.54) is 6.42 Å². The summed E-state index contributed by atoms with van der Waals surface area (Å²) in [5, 5.41) is 20.2. The first-order chi connectivity index (χ1) is 17.0. The number of pyridine rings is 1. The van der Waals surface area contributed by atoms with E-state index in [4.69, 9.17) is 20.2 Å². The van der Waals surface area contributed by atoms with Crippen LogP contribution in [0.1, 0.15) is 29.5 Å². The quantitative estimate of drug-likeness (QED) is 0.363. The number of anilines is 1. The molecule has 7 rings (SSSR count). The highest BCUT2D eigenvalue weighted by molar-refractivity contribution is 5.94. The zero-order chi connectivity index (χ0) is 24.1. The Morgan fingerprint density at radius 1 is 1.14 bits per heavy atom. The molecule has 0 radical (unpaired) electrons. The number of piperazine rings is 1. The number of fused-ring (bicyclic) bond motifs is 3. The van der Waals surface area contributed by atoms with Gasteiger partial charge in [0.1, 0.15) is 11.4 Å². The lowest BCUT2D eigenvalue weighted by Crippen LogP contribution is -2.67. The second kappa shape index (κ2) is 8.47. The van der Waals surface area contributed by atoms with Crippen LogP contribution in [0.25, 0.3) is 22.2 Å². The molecule has 10 heteroatoms. The van der Waals surface area contributed by atoms with Gasteiger partial charge in [0, 0.05) is 47.9 Å². The summed E-state index contributed by atoms with van der Waals surface area (Å²) in [4.78, 5) is 7.07. The molecule has 2 unspecified atom stereocenters. The molecule has 3 aromatic heterocycles. The lowest BCUT2D eigenvalue weighted by Gasteiger charge is -2.48. The second-order valence-electron chi connectivity index (χ2n) is 9.30. The number of aromatic amines is 1. The molecule has 2 bridgehead atoms.